The fraction of sp³-hybridized carbons (Fsp3) is 0. The predicted molar refractivity (Wildman–Crippen MR) is 190 cm³/mol. The van der Waals surface area contributed by atoms with Crippen LogP contribution in [0.5, 0.6) is 0 Å². The Morgan fingerprint density at radius 3 is 1.57 bits per heavy atom. The molecule has 0 aliphatic rings. The van der Waals surface area contributed by atoms with Gasteiger partial charge in [-0.25, -0.2) is 15.0 Å². The van der Waals surface area contributed by atoms with Crippen LogP contribution in [-0.2, 0) is 0 Å². The largest absolute Gasteiger partial charge is 0.455 e. The average molecular weight is 603 g/mol. The van der Waals surface area contributed by atoms with Gasteiger partial charge in [0.25, 0.3) is 0 Å². The lowest BCUT2D eigenvalue weighted by Gasteiger charge is -2.10. The van der Waals surface area contributed by atoms with Gasteiger partial charge in [0.05, 0.1) is 11.1 Å². The summed E-state index contributed by atoms with van der Waals surface area (Å²) in [7, 11) is 0. The molecule has 3 heterocycles. The van der Waals surface area contributed by atoms with Gasteiger partial charge in [-0.15, -0.1) is 0 Å². The maximum atomic E-state index is 6.51. The van der Waals surface area contributed by atoms with Crippen LogP contribution < -0.4 is 0 Å². The zero-order chi connectivity index (χ0) is 31.2. The Kier molecular flexibility index (Phi) is 6.39. The van der Waals surface area contributed by atoms with Crippen molar-refractivity contribution in [1.29, 1.82) is 0 Å². The lowest BCUT2D eigenvalue weighted by molar-refractivity contribution is 0.669. The van der Waals surface area contributed by atoms with Crippen LogP contribution in [0, 0.1) is 0 Å². The molecule has 0 aliphatic heterocycles. The van der Waals surface area contributed by atoms with Crippen molar-refractivity contribution in [2.45, 2.75) is 0 Å². The molecule has 0 bridgehead atoms. The van der Waals surface area contributed by atoms with E-state index >= 15 is 0 Å². The van der Waals surface area contributed by atoms with Crippen molar-refractivity contribution in [3.05, 3.63) is 158 Å². The minimum atomic E-state index is 0.557. The van der Waals surface area contributed by atoms with Crippen molar-refractivity contribution >= 4 is 32.8 Å². The summed E-state index contributed by atoms with van der Waals surface area (Å²) in [5, 5.41) is 3.09. The molecule has 220 valence electrons. The van der Waals surface area contributed by atoms with Crippen LogP contribution >= 0.6 is 0 Å². The number of furan rings is 1. The molecule has 6 aromatic carbocycles. The van der Waals surface area contributed by atoms with E-state index in [1.54, 1.807) is 0 Å². The number of rotatable bonds is 5. The third kappa shape index (κ3) is 4.82. The fourth-order valence-corrected chi connectivity index (χ4v) is 6.26. The number of aromatic nitrogens is 4. The van der Waals surface area contributed by atoms with E-state index < -0.39 is 0 Å². The third-order valence-corrected chi connectivity index (χ3v) is 8.62. The van der Waals surface area contributed by atoms with Crippen LogP contribution in [0.3, 0.4) is 0 Å². The fourth-order valence-electron chi connectivity index (χ4n) is 6.26. The highest BCUT2D eigenvalue weighted by molar-refractivity contribution is 6.19. The topological polar surface area (TPSA) is 64.7 Å². The van der Waals surface area contributed by atoms with E-state index in [1.165, 1.54) is 11.1 Å². The second-order valence-electron chi connectivity index (χ2n) is 11.5. The second kappa shape index (κ2) is 11.2. The molecule has 0 amide bonds. The van der Waals surface area contributed by atoms with E-state index in [1.807, 2.05) is 72.9 Å². The minimum absolute atomic E-state index is 0.557. The Labute approximate surface area is 270 Å². The highest BCUT2D eigenvalue weighted by Gasteiger charge is 2.19. The molecule has 9 aromatic rings. The number of benzene rings is 6. The van der Waals surface area contributed by atoms with Crippen LogP contribution in [0.2, 0.25) is 0 Å². The van der Waals surface area contributed by atoms with Gasteiger partial charge in [0.15, 0.2) is 17.5 Å². The SMILES string of the molecule is c1ccc(-c2ccc(-c3ccc(-c4nc(-c5ccccc5)nc(-c5cccc6c5oc5ccc7ncccc7c56)n4)cc3)cc2)cc1. The number of hydrogen-bond acceptors (Lipinski definition) is 5. The molecule has 0 atom stereocenters. The van der Waals surface area contributed by atoms with E-state index in [4.69, 9.17) is 19.4 Å². The minimum Gasteiger partial charge on any atom is -0.455 e. The van der Waals surface area contributed by atoms with E-state index in [2.05, 4.69) is 89.9 Å². The lowest BCUT2D eigenvalue weighted by atomic mass is 9.99. The molecule has 0 N–H and O–H groups in total. The van der Waals surface area contributed by atoms with Crippen LogP contribution in [0.4, 0.5) is 0 Å². The summed E-state index contributed by atoms with van der Waals surface area (Å²) >= 11 is 0. The van der Waals surface area contributed by atoms with Gasteiger partial charge in [-0.1, -0.05) is 127 Å². The van der Waals surface area contributed by atoms with Gasteiger partial charge in [-0.2, -0.15) is 0 Å². The quantitative estimate of drug-likeness (QED) is 0.196. The first kappa shape index (κ1) is 26.9. The van der Waals surface area contributed by atoms with Gasteiger partial charge < -0.3 is 4.42 Å². The Hall–Kier alpha value is -6.46. The molecule has 5 heteroatoms. The van der Waals surface area contributed by atoms with E-state index in [-0.39, 0.29) is 0 Å². The maximum absolute atomic E-state index is 6.51. The number of nitrogens with zero attached hydrogens (tertiary/aromatic N) is 4. The standard InChI is InChI=1S/C42H26N4O/c1-3-9-27(10-4-1)28-16-18-29(19-17-28)30-20-22-32(23-21-30)41-44-40(31-11-5-2-6-12-31)45-42(46-41)35-14-7-13-34-38-33-15-8-26-43-36(33)24-25-37(38)47-39(34)35/h1-26H. The second-order valence-corrected chi connectivity index (χ2v) is 11.5. The highest BCUT2D eigenvalue weighted by atomic mass is 16.3. The van der Waals surface area contributed by atoms with E-state index in [9.17, 15) is 0 Å². The zero-order valence-corrected chi connectivity index (χ0v) is 25.2. The smallest absolute Gasteiger partial charge is 0.167 e. The molecular formula is C42H26N4O. The first-order valence-electron chi connectivity index (χ1n) is 15.6. The summed E-state index contributed by atoms with van der Waals surface area (Å²) in [5.41, 5.74) is 9.79. The van der Waals surface area contributed by atoms with Gasteiger partial charge in [-0.05, 0) is 46.5 Å². The van der Waals surface area contributed by atoms with Crippen molar-refractivity contribution in [3.63, 3.8) is 0 Å². The summed E-state index contributed by atoms with van der Waals surface area (Å²) in [6, 6.07) is 51.7. The van der Waals surface area contributed by atoms with Gasteiger partial charge in [0.1, 0.15) is 11.2 Å². The molecule has 0 saturated carbocycles. The van der Waals surface area contributed by atoms with Crippen LogP contribution in [0.25, 0.3) is 89.3 Å². The number of pyridine rings is 1. The van der Waals surface area contributed by atoms with Gasteiger partial charge in [0.2, 0.25) is 0 Å². The van der Waals surface area contributed by atoms with Crippen molar-refractivity contribution in [1.82, 2.24) is 19.9 Å². The molecule has 47 heavy (non-hydrogen) atoms. The van der Waals surface area contributed by atoms with Gasteiger partial charge >= 0.3 is 0 Å². The summed E-state index contributed by atoms with van der Waals surface area (Å²) in [6.07, 6.45) is 1.81. The summed E-state index contributed by atoms with van der Waals surface area (Å²) < 4.78 is 6.51. The average Bonchev–Trinajstić information content (AvgIpc) is 3.55. The van der Waals surface area contributed by atoms with E-state index in [0.29, 0.717) is 17.5 Å². The van der Waals surface area contributed by atoms with Crippen molar-refractivity contribution < 1.29 is 4.42 Å². The van der Waals surface area contributed by atoms with Crippen LogP contribution in [-0.4, -0.2) is 19.9 Å². The first-order chi connectivity index (χ1) is 23.3. The van der Waals surface area contributed by atoms with Crippen molar-refractivity contribution in [3.8, 4) is 56.4 Å². The zero-order valence-electron chi connectivity index (χ0n) is 25.2. The molecular weight excluding hydrogens is 576 g/mol. The molecule has 0 aliphatic carbocycles. The molecule has 3 aromatic heterocycles. The first-order valence-corrected chi connectivity index (χ1v) is 15.6. The molecule has 0 spiro atoms. The molecule has 0 fully saturated rings. The Morgan fingerprint density at radius 1 is 0.383 bits per heavy atom. The Bertz CT molecular complexity index is 2540. The normalized spacial score (nSPS) is 11.4. The number of fused-ring (bicyclic) bond motifs is 5. The summed E-state index contributed by atoms with van der Waals surface area (Å²) in [6.45, 7) is 0. The van der Waals surface area contributed by atoms with Crippen molar-refractivity contribution in [2.24, 2.45) is 0 Å². The molecule has 0 saturated heterocycles. The monoisotopic (exact) mass is 602 g/mol. The van der Waals surface area contributed by atoms with Crippen LogP contribution in [0.1, 0.15) is 0 Å². The third-order valence-electron chi connectivity index (χ3n) is 8.62. The van der Waals surface area contributed by atoms with Crippen molar-refractivity contribution in [2.75, 3.05) is 0 Å². The summed E-state index contributed by atoms with van der Waals surface area (Å²) in [5.74, 6) is 1.76. The number of hydrogen-bond donors (Lipinski definition) is 0. The Balaban J connectivity index is 1.15. The maximum Gasteiger partial charge on any atom is 0.167 e. The highest BCUT2D eigenvalue weighted by Crippen LogP contribution is 2.38. The van der Waals surface area contributed by atoms with E-state index in [0.717, 1.165) is 60.7 Å². The van der Waals surface area contributed by atoms with Crippen LogP contribution in [0.15, 0.2) is 162 Å². The molecule has 5 nitrogen and oxygen atoms in total. The number of para-hydroxylation sites is 1. The molecule has 0 radical (unpaired) electrons. The summed E-state index contributed by atoms with van der Waals surface area (Å²) in [4.78, 5) is 19.5. The lowest BCUT2D eigenvalue weighted by Crippen LogP contribution is -2.00. The Morgan fingerprint density at radius 2 is 0.915 bits per heavy atom. The predicted octanol–water partition coefficient (Wildman–Crippen LogP) is 10.7. The van der Waals surface area contributed by atoms with Gasteiger partial charge in [0, 0.05) is 33.5 Å². The molecule has 0 unspecified atom stereocenters. The molecule has 9 rings (SSSR count). The van der Waals surface area contributed by atoms with Gasteiger partial charge in [-0.3, -0.25) is 4.98 Å².